The lowest BCUT2D eigenvalue weighted by atomic mass is 10.2. The zero-order chi connectivity index (χ0) is 22.0. The summed E-state index contributed by atoms with van der Waals surface area (Å²) < 4.78 is 13.4. The van der Waals surface area contributed by atoms with Gasteiger partial charge in [-0.15, -0.1) is 0 Å². The van der Waals surface area contributed by atoms with Gasteiger partial charge in [0.15, 0.2) is 0 Å². The fourth-order valence-corrected chi connectivity index (χ4v) is 4.05. The molecular formula is C22H24N6O2Si. The van der Waals surface area contributed by atoms with E-state index in [-0.39, 0.29) is 5.82 Å². The molecule has 0 saturated carbocycles. The molecule has 8 nitrogen and oxygen atoms in total. The Hall–Kier alpha value is -3.35. The van der Waals surface area contributed by atoms with Crippen molar-refractivity contribution in [3.63, 3.8) is 0 Å². The molecule has 31 heavy (non-hydrogen) atoms. The minimum Gasteiger partial charge on any atom is -0.481 e. The van der Waals surface area contributed by atoms with E-state index in [2.05, 4.69) is 34.6 Å². The van der Waals surface area contributed by atoms with Gasteiger partial charge in [0, 0.05) is 55.7 Å². The van der Waals surface area contributed by atoms with Gasteiger partial charge in [-0.25, -0.2) is 19.9 Å². The fraction of sp³-hybridized carbons (Fsp3) is 0.318. The Balaban J connectivity index is 1.78. The van der Waals surface area contributed by atoms with Gasteiger partial charge in [0.25, 0.3) is 0 Å². The zero-order valence-corrected chi connectivity index (χ0v) is 19.1. The highest BCUT2D eigenvalue weighted by atomic mass is 28.3. The number of aromatic nitrogens is 5. The Labute approximate surface area is 181 Å². The van der Waals surface area contributed by atoms with Crippen LogP contribution >= 0.6 is 0 Å². The number of ether oxygens (including phenoxy) is 2. The van der Waals surface area contributed by atoms with E-state index in [0.29, 0.717) is 19.2 Å². The summed E-state index contributed by atoms with van der Waals surface area (Å²) in [4.78, 5) is 17.4. The van der Waals surface area contributed by atoms with E-state index in [0.717, 1.165) is 39.2 Å². The summed E-state index contributed by atoms with van der Waals surface area (Å²) in [5.74, 6) is 0.673. The Kier molecular flexibility index (Phi) is 5.67. The van der Waals surface area contributed by atoms with Crippen LogP contribution in [0.5, 0.6) is 5.88 Å². The van der Waals surface area contributed by atoms with Gasteiger partial charge in [-0.1, -0.05) is 19.6 Å². The van der Waals surface area contributed by atoms with E-state index in [1.807, 2.05) is 28.8 Å². The Morgan fingerprint density at radius 3 is 2.52 bits per heavy atom. The first-order valence-electron chi connectivity index (χ1n) is 10.0. The van der Waals surface area contributed by atoms with E-state index < -0.39 is 8.07 Å². The number of pyridine rings is 2. The molecule has 4 aromatic heterocycles. The summed E-state index contributed by atoms with van der Waals surface area (Å²) in [5, 5.41) is 10.9. The number of nitrogens with zero attached hydrogens (tertiary/aromatic N) is 6. The fourth-order valence-electron chi connectivity index (χ4n) is 3.29. The van der Waals surface area contributed by atoms with Gasteiger partial charge in [0.05, 0.1) is 18.3 Å². The molecule has 0 spiro atoms. The van der Waals surface area contributed by atoms with E-state index in [1.165, 1.54) is 0 Å². The predicted octanol–water partition coefficient (Wildman–Crippen LogP) is 4.23. The molecule has 4 aromatic rings. The number of rotatable bonds is 7. The van der Waals surface area contributed by atoms with Gasteiger partial charge in [-0.2, -0.15) is 5.26 Å². The van der Waals surface area contributed by atoms with Crippen LogP contribution in [0.2, 0.25) is 25.7 Å². The Morgan fingerprint density at radius 1 is 1.06 bits per heavy atom. The van der Waals surface area contributed by atoms with Crippen LogP contribution in [-0.4, -0.2) is 46.3 Å². The number of hydrogen-bond donors (Lipinski definition) is 0. The lowest BCUT2D eigenvalue weighted by molar-refractivity contribution is 0.0925. The molecule has 0 saturated heterocycles. The van der Waals surface area contributed by atoms with Crippen LogP contribution in [0.3, 0.4) is 0 Å². The highest BCUT2D eigenvalue weighted by molar-refractivity contribution is 6.76. The summed E-state index contributed by atoms with van der Waals surface area (Å²) in [7, 11) is 0.425. The lowest BCUT2D eigenvalue weighted by Gasteiger charge is -2.16. The molecule has 0 aromatic carbocycles. The van der Waals surface area contributed by atoms with Gasteiger partial charge >= 0.3 is 0 Å². The molecule has 0 aliphatic carbocycles. The van der Waals surface area contributed by atoms with Crippen LogP contribution in [0.15, 0.2) is 36.8 Å². The van der Waals surface area contributed by atoms with Crippen molar-refractivity contribution in [2.45, 2.75) is 32.4 Å². The number of nitriles is 1. The molecule has 0 aliphatic heterocycles. The number of methoxy groups -OCH3 is 1. The molecular weight excluding hydrogens is 408 g/mol. The number of hydrogen-bond acceptors (Lipinski definition) is 7. The van der Waals surface area contributed by atoms with Gasteiger partial charge in [-0.05, 0) is 18.2 Å². The van der Waals surface area contributed by atoms with Crippen LogP contribution in [-0.2, 0) is 11.5 Å². The summed E-state index contributed by atoms with van der Waals surface area (Å²) in [6.07, 6.45) is 5.03. The average molecular weight is 433 g/mol. The monoisotopic (exact) mass is 432 g/mol. The van der Waals surface area contributed by atoms with Gasteiger partial charge in [0.1, 0.15) is 18.4 Å². The smallest absolute Gasteiger partial charge is 0.232 e. The van der Waals surface area contributed by atoms with E-state index in [1.54, 1.807) is 25.7 Å². The van der Waals surface area contributed by atoms with Crippen LogP contribution in [0.1, 0.15) is 5.82 Å². The minimum absolute atomic E-state index is 0.132. The van der Waals surface area contributed by atoms with Crippen molar-refractivity contribution in [3.8, 4) is 23.2 Å². The maximum Gasteiger partial charge on any atom is 0.232 e. The maximum atomic E-state index is 8.93. The van der Waals surface area contributed by atoms with Crippen molar-refractivity contribution in [3.05, 3.63) is 42.6 Å². The molecule has 0 unspecified atom stereocenters. The van der Waals surface area contributed by atoms with E-state index in [4.69, 9.17) is 19.7 Å². The molecule has 158 valence electrons. The van der Waals surface area contributed by atoms with Crippen molar-refractivity contribution in [1.29, 1.82) is 5.26 Å². The Morgan fingerprint density at radius 2 is 1.84 bits per heavy atom. The van der Waals surface area contributed by atoms with Crippen LogP contribution in [0.25, 0.3) is 33.2 Å². The Bertz CT molecular complexity index is 1270. The molecule has 4 rings (SSSR count). The van der Waals surface area contributed by atoms with Gasteiger partial charge in [-0.3, -0.25) is 0 Å². The summed E-state index contributed by atoms with van der Waals surface area (Å²) >= 11 is 0. The first-order chi connectivity index (χ1) is 14.9. The van der Waals surface area contributed by atoms with E-state index in [9.17, 15) is 0 Å². The first-order valence-corrected chi connectivity index (χ1v) is 13.7. The zero-order valence-electron chi connectivity index (χ0n) is 18.1. The molecule has 0 N–H and O–H groups in total. The molecule has 0 fully saturated rings. The molecule has 0 radical (unpaired) electrons. The molecule has 9 heteroatoms. The molecule has 0 aliphatic rings. The van der Waals surface area contributed by atoms with E-state index >= 15 is 0 Å². The summed E-state index contributed by atoms with van der Waals surface area (Å²) in [6, 6.07) is 8.88. The summed E-state index contributed by atoms with van der Waals surface area (Å²) in [5.41, 5.74) is 3.21. The van der Waals surface area contributed by atoms with Crippen molar-refractivity contribution in [2.24, 2.45) is 0 Å². The third kappa shape index (κ3) is 4.40. The highest BCUT2D eigenvalue weighted by Crippen LogP contribution is 2.31. The SMILES string of the molecule is COc1cc2c(cn1)c1ccc(-c3cnc(C#N)nc3)nc1n2COCC[Si](C)(C)C. The summed E-state index contributed by atoms with van der Waals surface area (Å²) in [6.45, 7) is 8.10. The van der Waals surface area contributed by atoms with Crippen LogP contribution < -0.4 is 4.74 Å². The third-order valence-corrected chi connectivity index (χ3v) is 6.75. The second-order valence-corrected chi connectivity index (χ2v) is 14.1. The highest BCUT2D eigenvalue weighted by Gasteiger charge is 2.16. The first kappa shape index (κ1) is 20.9. The molecule has 0 amide bonds. The van der Waals surface area contributed by atoms with Gasteiger partial charge < -0.3 is 14.0 Å². The van der Waals surface area contributed by atoms with Crippen LogP contribution in [0, 0.1) is 11.3 Å². The minimum atomic E-state index is -1.18. The second-order valence-electron chi connectivity index (χ2n) is 8.49. The van der Waals surface area contributed by atoms with Gasteiger partial charge in [0.2, 0.25) is 11.7 Å². The largest absolute Gasteiger partial charge is 0.481 e. The maximum absolute atomic E-state index is 8.93. The second kappa shape index (κ2) is 8.41. The van der Waals surface area contributed by atoms with Crippen molar-refractivity contribution < 1.29 is 9.47 Å². The van der Waals surface area contributed by atoms with Crippen molar-refractivity contribution in [2.75, 3.05) is 13.7 Å². The third-order valence-electron chi connectivity index (χ3n) is 5.04. The quantitative estimate of drug-likeness (QED) is 0.318. The number of fused-ring (bicyclic) bond motifs is 3. The normalized spacial score (nSPS) is 11.7. The molecule has 0 bridgehead atoms. The van der Waals surface area contributed by atoms with Crippen LogP contribution in [0.4, 0.5) is 0 Å². The molecule has 0 atom stereocenters. The predicted molar refractivity (Wildman–Crippen MR) is 121 cm³/mol. The molecule has 4 heterocycles. The topological polar surface area (TPSA) is 98.7 Å². The van der Waals surface area contributed by atoms with Crippen molar-refractivity contribution in [1.82, 2.24) is 24.5 Å². The van der Waals surface area contributed by atoms with Crippen molar-refractivity contribution >= 4 is 30.0 Å². The standard InChI is InChI=1S/C22H24N6O2Si/c1-29-21-9-19-17(13-26-21)16-5-6-18(15-11-24-20(10-23)25-12-15)27-22(16)28(19)14-30-7-8-31(2,3)4/h5-6,9,11-13H,7-8,14H2,1-4H3. The lowest BCUT2D eigenvalue weighted by Crippen LogP contribution is -2.22. The average Bonchev–Trinajstić information content (AvgIpc) is 3.08.